The number of carbonyl (C=O) groups is 2. The number of hydrogen-bond donors (Lipinski definition) is 1. The Morgan fingerprint density at radius 3 is 2.35 bits per heavy atom. The predicted octanol–water partition coefficient (Wildman–Crippen LogP) is -0.324. The molecule has 0 spiro atoms. The molecule has 0 heterocycles. The van der Waals surface area contributed by atoms with Crippen LogP contribution in [0.4, 0.5) is 0 Å². The minimum absolute atomic E-state index is 0.0303. The highest BCUT2D eigenvalue weighted by Crippen LogP contribution is 2.04. The van der Waals surface area contributed by atoms with Crippen molar-refractivity contribution in [2.75, 3.05) is 26.5 Å². The van der Waals surface area contributed by atoms with E-state index in [0.717, 1.165) is 4.31 Å². The summed E-state index contributed by atoms with van der Waals surface area (Å²) >= 11 is 0. The van der Waals surface area contributed by atoms with E-state index in [4.69, 9.17) is 5.11 Å². The van der Waals surface area contributed by atoms with Crippen molar-refractivity contribution < 1.29 is 27.9 Å². The van der Waals surface area contributed by atoms with Crippen molar-refractivity contribution in [1.29, 1.82) is 0 Å². The molecule has 7 nitrogen and oxygen atoms in total. The van der Waals surface area contributed by atoms with Crippen LogP contribution in [-0.2, 0) is 24.3 Å². The third-order valence-electron chi connectivity index (χ3n) is 2.13. The number of carbonyl (C=O) groups excluding carboxylic acids is 1. The lowest BCUT2D eigenvalue weighted by atomic mass is 10.3. The minimum Gasteiger partial charge on any atom is -0.481 e. The number of ether oxygens (including phenoxy) is 1. The van der Waals surface area contributed by atoms with Crippen molar-refractivity contribution in [3.63, 3.8) is 0 Å². The number of rotatable bonds is 8. The van der Waals surface area contributed by atoms with Crippen molar-refractivity contribution >= 4 is 22.0 Å². The lowest BCUT2D eigenvalue weighted by Gasteiger charge is -2.15. The van der Waals surface area contributed by atoms with Gasteiger partial charge in [-0.2, -0.15) is 0 Å². The van der Waals surface area contributed by atoms with Gasteiger partial charge in [-0.1, -0.05) is 0 Å². The molecule has 0 atom stereocenters. The Bertz CT molecular complexity index is 364. The first-order chi connectivity index (χ1) is 7.79. The van der Waals surface area contributed by atoms with Crippen LogP contribution in [0.5, 0.6) is 0 Å². The summed E-state index contributed by atoms with van der Waals surface area (Å²) in [5, 5.41) is 8.43. The van der Waals surface area contributed by atoms with Crippen molar-refractivity contribution in [3.8, 4) is 0 Å². The Morgan fingerprint density at radius 2 is 1.88 bits per heavy atom. The van der Waals surface area contributed by atoms with Gasteiger partial charge in [0.2, 0.25) is 10.0 Å². The Kier molecular flexibility index (Phi) is 6.74. The molecule has 0 aliphatic rings. The molecule has 0 saturated heterocycles. The highest BCUT2D eigenvalue weighted by atomic mass is 32.2. The molecule has 0 aromatic carbocycles. The minimum atomic E-state index is -3.50. The van der Waals surface area contributed by atoms with E-state index in [2.05, 4.69) is 4.74 Å². The van der Waals surface area contributed by atoms with Crippen LogP contribution >= 0.6 is 0 Å². The van der Waals surface area contributed by atoms with E-state index in [-0.39, 0.29) is 31.6 Å². The zero-order chi connectivity index (χ0) is 13.5. The summed E-state index contributed by atoms with van der Waals surface area (Å²) in [6.45, 7) is -0.0735. The van der Waals surface area contributed by atoms with Crippen LogP contribution in [0.3, 0.4) is 0 Å². The number of carboxylic acid groups (broad SMARTS) is 1. The summed E-state index contributed by atoms with van der Waals surface area (Å²) in [6.07, 6.45) is -0.0539. The van der Waals surface area contributed by atoms with E-state index < -0.39 is 22.0 Å². The molecule has 0 saturated carbocycles. The molecule has 17 heavy (non-hydrogen) atoms. The molecule has 0 unspecified atom stereocenters. The second kappa shape index (κ2) is 7.23. The van der Waals surface area contributed by atoms with Crippen LogP contribution in [0.25, 0.3) is 0 Å². The van der Waals surface area contributed by atoms with E-state index in [1.165, 1.54) is 14.2 Å². The average Bonchev–Trinajstić information content (AvgIpc) is 2.25. The number of carboxylic acids is 1. The fraction of sp³-hybridized carbons (Fsp3) is 0.778. The summed E-state index contributed by atoms with van der Waals surface area (Å²) in [5.41, 5.74) is 0. The number of nitrogens with zero attached hydrogens (tertiary/aromatic N) is 1. The first-order valence-electron chi connectivity index (χ1n) is 5.02. The zero-order valence-corrected chi connectivity index (χ0v) is 10.7. The highest BCUT2D eigenvalue weighted by molar-refractivity contribution is 7.89. The second-order valence-electron chi connectivity index (χ2n) is 3.46. The van der Waals surface area contributed by atoms with Crippen LogP contribution in [0.15, 0.2) is 0 Å². The van der Waals surface area contributed by atoms with E-state index in [1.807, 2.05) is 0 Å². The van der Waals surface area contributed by atoms with Gasteiger partial charge < -0.3 is 9.84 Å². The van der Waals surface area contributed by atoms with Crippen molar-refractivity contribution in [3.05, 3.63) is 0 Å². The van der Waals surface area contributed by atoms with Gasteiger partial charge in [0, 0.05) is 20.0 Å². The number of aliphatic carboxylic acids is 1. The molecule has 0 fully saturated rings. The maximum atomic E-state index is 11.6. The number of sulfonamides is 1. The SMILES string of the molecule is COC(=O)CCCS(=O)(=O)N(C)CCC(=O)O. The Morgan fingerprint density at radius 1 is 1.29 bits per heavy atom. The number of methoxy groups -OCH3 is 1. The predicted molar refractivity (Wildman–Crippen MR) is 59.9 cm³/mol. The highest BCUT2D eigenvalue weighted by Gasteiger charge is 2.18. The number of esters is 1. The normalized spacial score (nSPS) is 11.5. The van der Waals surface area contributed by atoms with Crippen LogP contribution in [0, 0.1) is 0 Å². The van der Waals surface area contributed by atoms with Crippen molar-refractivity contribution in [1.82, 2.24) is 4.31 Å². The Hall–Kier alpha value is -1.15. The lowest BCUT2D eigenvalue weighted by Crippen LogP contribution is -2.31. The Balaban J connectivity index is 4.09. The van der Waals surface area contributed by atoms with E-state index in [1.54, 1.807) is 0 Å². The van der Waals surface area contributed by atoms with Gasteiger partial charge in [-0.15, -0.1) is 0 Å². The summed E-state index contributed by atoms with van der Waals surface area (Å²) < 4.78 is 28.6. The molecule has 1 N–H and O–H groups in total. The fourth-order valence-corrected chi connectivity index (χ4v) is 2.24. The largest absolute Gasteiger partial charge is 0.481 e. The standard InChI is InChI=1S/C9H17NO6S/c1-10(6-5-8(11)12)17(14,15)7-3-4-9(13)16-2/h3-7H2,1-2H3,(H,11,12). The van der Waals surface area contributed by atoms with Gasteiger partial charge in [0.25, 0.3) is 0 Å². The quantitative estimate of drug-likeness (QED) is 0.605. The van der Waals surface area contributed by atoms with E-state index >= 15 is 0 Å². The molecule has 0 bridgehead atoms. The third kappa shape index (κ3) is 6.90. The summed E-state index contributed by atoms with van der Waals surface area (Å²) in [7, 11) is -0.950. The summed E-state index contributed by atoms with van der Waals surface area (Å²) in [5.74, 6) is -1.71. The van der Waals surface area contributed by atoms with Gasteiger partial charge >= 0.3 is 11.9 Å². The van der Waals surface area contributed by atoms with Crippen molar-refractivity contribution in [2.24, 2.45) is 0 Å². The van der Waals surface area contributed by atoms with Gasteiger partial charge in [0.05, 0.1) is 19.3 Å². The van der Waals surface area contributed by atoms with Crippen LogP contribution in [0.1, 0.15) is 19.3 Å². The first kappa shape index (κ1) is 15.9. The molecule has 0 aliphatic heterocycles. The van der Waals surface area contributed by atoms with Crippen LogP contribution in [-0.4, -0.2) is 56.2 Å². The molecule has 8 heteroatoms. The number of hydrogen-bond acceptors (Lipinski definition) is 5. The topological polar surface area (TPSA) is 101 Å². The fourth-order valence-electron chi connectivity index (χ4n) is 1.05. The molecule has 0 aliphatic carbocycles. The summed E-state index contributed by atoms with van der Waals surface area (Å²) in [4.78, 5) is 21.1. The molecule has 0 aromatic rings. The van der Waals surface area contributed by atoms with Gasteiger partial charge in [0.1, 0.15) is 0 Å². The maximum absolute atomic E-state index is 11.6. The van der Waals surface area contributed by atoms with Crippen LogP contribution < -0.4 is 0 Å². The second-order valence-corrected chi connectivity index (χ2v) is 5.66. The maximum Gasteiger partial charge on any atom is 0.305 e. The first-order valence-corrected chi connectivity index (χ1v) is 6.63. The van der Waals surface area contributed by atoms with Gasteiger partial charge in [-0.3, -0.25) is 9.59 Å². The molecular formula is C9H17NO6S. The third-order valence-corrected chi connectivity index (χ3v) is 4.06. The average molecular weight is 267 g/mol. The van der Waals surface area contributed by atoms with Crippen LogP contribution in [0.2, 0.25) is 0 Å². The molecule has 0 rings (SSSR count). The van der Waals surface area contributed by atoms with Gasteiger partial charge in [-0.25, -0.2) is 12.7 Å². The smallest absolute Gasteiger partial charge is 0.305 e. The molecule has 0 aromatic heterocycles. The summed E-state index contributed by atoms with van der Waals surface area (Å²) in [6, 6.07) is 0. The molecule has 0 amide bonds. The van der Waals surface area contributed by atoms with Crippen molar-refractivity contribution in [2.45, 2.75) is 19.3 Å². The monoisotopic (exact) mass is 267 g/mol. The van der Waals surface area contributed by atoms with E-state index in [0.29, 0.717) is 0 Å². The zero-order valence-electron chi connectivity index (χ0n) is 9.88. The van der Waals surface area contributed by atoms with E-state index in [9.17, 15) is 18.0 Å². The Labute approximate surface area is 100 Å². The molecule has 100 valence electrons. The van der Waals surface area contributed by atoms with Gasteiger partial charge in [0.15, 0.2) is 0 Å². The lowest BCUT2D eigenvalue weighted by molar-refractivity contribution is -0.140. The molecular weight excluding hydrogens is 250 g/mol. The van der Waals surface area contributed by atoms with Gasteiger partial charge in [-0.05, 0) is 6.42 Å². The molecule has 0 radical (unpaired) electrons.